The topological polar surface area (TPSA) is 60.1 Å². The molecule has 1 amide bonds. The molecule has 7 nitrogen and oxygen atoms in total. The number of hydrogen-bond acceptors (Lipinski definition) is 6. The molecule has 0 aliphatic carbocycles. The highest BCUT2D eigenvalue weighted by Gasteiger charge is 2.22. The first-order chi connectivity index (χ1) is 21.2. The van der Waals surface area contributed by atoms with Gasteiger partial charge in [-0.2, -0.15) is 0 Å². The zero-order valence-electron chi connectivity index (χ0n) is 26.5. The van der Waals surface area contributed by atoms with Crippen molar-refractivity contribution < 1.29 is 9.53 Å². The van der Waals surface area contributed by atoms with Crippen LogP contribution in [-0.4, -0.2) is 58.9 Å². The van der Waals surface area contributed by atoms with E-state index in [2.05, 4.69) is 106 Å². The van der Waals surface area contributed by atoms with Crippen molar-refractivity contribution in [3.05, 3.63) is 114 Å². The highest BCUT2D eigenvalue weighted by atomic mass is 32.1. The maximum atomic E-state index is 12.7. The van der Waals surface area contributed by atoms with Crippen molar-refractivity contribution in [2.45, 2.75) is 19.8 Å². The molecule has 0 fully saturated rings. The lowest BCUT2D eigenvalue weighted by atomic mass is 9.83. The van der Waals surface area contributed by atoms with Crippen LogP contribution in [0.4, 0.5) is 22.7 Å². The number of anilines is 4. The van der Waals surface area contributed by atoms with Crippen molar-refractivity contribution >= 4 is 46.0 Å². The predicted octanol–water partition coefficient (Wildman–Crippen LogP) is 6.74. The summed E-state index contributed by atoms with van der Waals surface area (Å²) in [5, 5.41) is 6.37. The Morgan fingerprint density at radius 3 is 1.77 bits per heavy atom. The first-order valence-corrected chi connectivity index (χ1v) is 15.3. The summed E-state index contributed by atoms with van der Waals surface area (Å²) in [6, 6.07) is 33.0. The third-order valence-corrected chi connectivity index (χ3v) is 7.78. The molecule has 0 heterocycles. The molecule has 0 unspecified atom stereocenters. The molecular formula is C36H43N5O2S. The predicted molar refractivity (Wildman–Crippen MR) is 189 cm³/mol. The van der Waals surface area contributed by atoms with Crippen LogP contribution in [0.25, 0.3) is 0 Å². The minimum Gasteiger partial charge on any atom is -0.484 e. The number of para-hydroxylation sites is 1. The summed E-state index contributed by atoms with van der Waals surface area (Å²) in [4.78, 5) is 19.2. The van der Waals surface area contributed by atoms with E-state index >= 15 is 0 Å². The molecule has 0 saturated carbocycles. The maximum Gasteiger partial charge on any atom is 0.264 e. The van der Waals surface area contributed by atoms with E-state index in [1.807, 2.05) is 58.5 Å². The normalized spacial score (nSPS) is 10.7. The molecule has 0 aliphatic heterocycles. The number of rotatable bonds is 12. The summed E-state index contributed by atoms with van der Waals surface area (Å²) in [5.41, 5.74) is 7.53. The van der Waals surface area contributed by atoms with Crippen LogP contribution in [-0.2, 0) is 4.79 Å². The first kappa shape index (κ1) is 32.4. The lowest BCUT2D eigenvalue weighted by Crippen LogP contribution is -2.37. The molecule has 4 rings (SSSR count). The van der Waals surface area contributed by atoms with E-state index in [0.29, 0.717) is 5.75 Å². The molecule has 230 valence electrons. The number of nitrogens with zero attached hydrogens (tertiary/aromatic N) is 3. The third-order valence-electron chi connectivity index (χ3n) is 7.58. The Kier molecular flexibility index (Phi) is 11.2. The van der Waals surface area contributed by atoms with Gasteiger partial charge in [0, 0.05) is 69.9 Å². The highest BCUT2D eigenvalue weighted by Crippen LogP contribution is 2.39. The maximum absolute atomic E-state index is 12.7. The molecule has 0 spiro atoms. The highest BCUT2D eigenvalue weighted by molar-refractivity contribution is 7.80. The zero-order chi connectivity index (χ0) is 31.6. The molecule has 0 saturated heterocycles. The zero-order valence-corrected chi connectivity index (χ0v) is 27.3. The lowest BCUT2D eigenvalue weighted by molar-refractivity contribution is -0.121. The number of carbonyl (C=O) groups excluding carboxylic acids is 1. The Morgan fingerprint density at radius 2 is 1.27 bits per heavy atom. The first-order valence-electron chi connectivity index (χ1n) is 14.9. The Hall–Kier alpha value is -4.56. The van der Waals surface area contributed by atoms with Gasteiger partial charge in [0.25, 0.3) is 5.91 Å². The van der Waals surface area contributed by atoms with Crippen LogP contribution in [0.1, 0.15) is 36.5 Å². The second-order valence-electron chi connectivity index (χ2n) is 11.0. The summed E-state index contributed by atoms with van der Waals surface area (Å²) < 4.78 is 5.62. The molecular weight excluding hydrogens is 566 g/mol. The van der Waals surface area contributed by atoms with Gasteiger partial charge in [0.2, 0.25) is 0 Å². The Balaban J connectivity index is 1.71. The van der Waals surface area contributed by atoms with Gasteiger partial charge >= 0.3 is 0 Å². The van der Waals surface area contributed by atoms with E-state index in [1.165, 1.54) is 0 Å². The molecule has 0 atom stereocenters. The van der Waals surface area contributed by atoms with Crippen LogP contribution in [0, 0.1) is 0 Å². The van der Waals surface area contributed by atoms with Gasteiger partial charge in [0.05, 0.1) is 0 Å². The summed E-state index contributed by atoms with van der Waals surface area (Å²) in [6.45, 7) is 5.88. The van der Waals surface area contributed by atoms with Crippen LogP contribution in [0.5, 0.6) is 5.75 Å². The van der Waals surface area contributed by atoms with E-state index in [1.54, 1.807) is 0 Å². The fourth-order valence-electron chi connectivity index (χ4n) is 5.15. The number of amides is 1. The van der Waals surface area contributed by atoms with Crippen molar-refractivity contribution in [3.63, 3.8) is 0 Å². The Bertz CT molecular complexity index is 1470. The van der Waals surface area contributed by atoms with Crippen LogP contribution in [0.3, 0.4) is 0 Å². The van der Waals surface area contributed by atoms with Gasteiger partial charge < -0.3 is 24.8 Å². The van der Waals surface area contributed by atoms with Crippen molar-refractivity contribution in [2.75, 3.05) is 67.9 Å². The van der Waals surface area contributed by atoms with Crippen molar-refractivity contribution in [3.8, 4) is 5.75 Å². The average molecular weight is 610 g/mol. The quantitative estimate of drug-likeness (QED) is 0.136. The molecule has 0 bridgehead atoms. The SMILES string of the molecule is CCN(CC)c1ccc(C(c2ccc(N(C)C)cc2)c2ccc(N(C)C)cc2)c(NC(=S)NC(=O)COc2ccccc2)c1. The van der Waals surface area contributed by atoms with Crippen LogP contribution in [0.2, 0.25) is 0 Å². The number of carbonyl (C=O) groups is 1. The Morgan fingerprint density at radius 1 is 0.750 bits per heavy atom. The van der Waals surface area contributed by atoms with Gasteiger partial charge in [-0.3, -0.25) is 10.1 Å². The molecule has 0 radical (unpaired) electrons. The molecule has 8 heteroatoms. The fourth-order valence-corrected chi connectivity index (χ4v) is 5.38. The number of ether oxygens (including phenoxy) is 1. The summed E-state index contributed by atoms with van der Waals surface area (Å²) in [5.74, 6) is 0.206. The Labute approximate surface area is 267 Å². The largest absolute Gasteiger partial charge is 0.484 e. The summed E-state index contributed by atoms with van der Waals surface area (Å²) in [7, 11) is 8.17. The molecule has 4 aromatic rings. The van der Waals surface area contributed by atoms with Gasteiger partial charge in [-0.1, -0.05) is 48.5 Å². The smallest absolute Gasteiger partial charge is 0.264 e. The number of nitrogens with one attached hydrogen (secondary N) is 2. The van der Waals surface area contributed by atoms with Crippen LogP contribution >= 0.6 is 12.2 Å². The van der Waals surface area contributed by atoms with Crippen LogP contribution in [0.15, 0.2) is 97.1 Å². The molecule has 2 N–H and O–H groups in total. The van der Waals surface area contributed by atoms with Gasteiger partial charge in [-0.15, -0.1) is 0 Å². The number of hydrogen-bond donors (Lipinski definition) is 2. The average Bonchev–Trinajstić information content (AvgIpc) is 3.02. The fraction of sp³-hybridized carbons (Fsp3) is 0.278. The van der Waals surface area contributed by atoms with E-state index < -0.39 is 0 Å². The van der Waals surface area contributed by atoms with Gasteiger partial charge in [-0.25, -0.2) is 0 Å². The molecule has 44 heavy (non-hydrogen) atoms. The van der Waals surface area contributed by atoms with E-state index in [4.69, 9.17) is 17.0 Å². The van der Waals surface area contributed by atoms with Crippen LogP contribution < -0.4 is 30.1 Å². The van der Waals surface area contributed by atoms with E-state index in [-0.39, 0.29) is 23.5 Å². The summed E-state index contributed by atoms with van der Waals surface area (Å²) >= 11 is 5.66. The van der Waals surface area contributed by atoms with Crippen molar-refractivity contribution in [1.82, 2.24) is 5.32 Å². The van der Waals surface area contributed by atoms with Crippen molar-refractivity contribution in [1.29, 1.82) is 0 Å². The van der Waals surface area contributed by atoms with Gasteiger partial charge in [0.15, 0.2) is 11.7 Å². The second-order valence-corrected chi connectivity index (χ2v) is 11.4. The monoisotopic (exact) mass is 609 g/mol. The minimum absolute atomic E-state index is 0.0874. The lowest BCUT2D eigenvalue weighted by Gasteiger charge is -2.27. The summed E-state index contributed by atoms with van der Waals surface area (Å²) in [6.07, 6.45) is 0. The standard InChI is InChI=1S/C36H43N5O2S/c1-7-41(8-2)30-22-23-32(33(24-30)37-36(44)38-34(42)25-43-31-12-10-9-11-13-31)35(26-14-18-28(19-15-26)39(3)4)27-16-20-29(21-17-27)40(5)6/h9-24,35H,7-8,25H2,1-6H3,(H2,37,38,42,44). The van der Waals surface area contributed by atoms with E-state index in [9.17, 15) is 4.79 Å². The number of benzene rings is 4. The third kappa shape index (κ3) is 8.29. The second kappa shape index (κ2) is 15.3. The van der Waals surface area contributed by atoms with Gasteiger partial charge in [-0.05, 0) is 91.3 Å². The minimum atomic E-state index is -0.331. The molecule has 4 aromatic carbocycles. The van der Waals surface area contributed by atoms with E-state index in [0.717, 1.165) is 52.5 Å². The van der Waals surface area contributed by atoms with Gasteiger partial charge in [0.1, 0.15) is 5.75 Å². The van der Waals surface area contributed by atoms with Crippen molar-refractivity contribution in [2.24, 2.45) is 0 Å². The molecule has 0 aliphatic rings. The molecule has 0 aromatic heterocycles. The number of thiocarbonyl (C=S) groups is 1.